The molecule has 0 radical (unpaired) electrons. The van der Waals surface area contributed by atoms with E-state index in [0.29, 0.717) is 12.8 Å². The maximum Gasteiger partial charge on any atom is 0.220 e. The standard InChI is InChI=1S/C88H145NO18/c1-3-5-7-9-11-13-15-17-19-21-23-25-27-29-30-31-32-33-34-35-36-37-38-39-40-42-44-46-48-50-52-54-56-58-60-62-64-66-76(94)89-71(72(93)65-63-61-59-57-55-53-51-49-47-45-43-41-28-26-24-22-20-18-16-14-12-10-8-6-4-2)70-102-86-82(100)79(97)84(74(68-91)104-86)107-88-83(101)80(98)85(75(69-92)105-88)106-87-81(99)78(96)77(95)73(67-90)103-87/h5,7,11,13,17,19,23,25,29-30,32-33,35-36,38-39,42,44,47-50,55,57,63,65,71-75,77-88,90-93,95-101H,3-4,6,8-10,12,14-16,18,20-22,24,26-28,31,34,37,40-41,43,45-46,51-54,56,58-62,64,66-70H2,1-2H3,(H,89,94)/b7-5-,13-11-,19-17-,25-23-,30-29-,33-32-,36-35-,39-38-,44-42-,49-47+,50-48-,57-55+,65-63+. The number of allylic oxidation sites excluding steroid dienone is 25. The Labute approximate surface area is 644 Å². The molecule has 17 atom stereocenters. The summed E-state index contributed by atoms with van der Waals surface area (Å²) in [6.07, 6.45) is 70.8. The molecule has 3 aliphatic heterocycles. The fourth-order valence-corrected chi connectivity index (χ4v) is 12.7. The van der Waals surface area contributed by atoms with Gasteiger partial charge < -0.3 is 89.9 Å². The zero-order chi connectivity index (χ0) is 77.4. The van der Waals surface area contributed by atoms with E-state index in [9.17, 15) is 61.0 Å². The molecule has 107 heavy (non-hydrogen) atoms. The number of hydrogen-bond acceptors (Lipinski definition) is 18. The van der Waals surface area contributed by atoms with Gasteiger partial charge in [-0.3, -0.25) is 4.79 Å². The van der Waals surface area contributed by atoms with Gasteiger partial charge in [0.25, 0.3) is 0 Å². The molecule has 0 aromatic rings. The van der Waals surface area contributed by atoms with E-state index in [0.717, 1.165) is 128 Å². The van der Waals surface area contributed by atoms with Crippen molar-refractivity contribution < 1.29 is 89.4 Å². The van der Waals surface area contributed by atoms with Crippen LogP contribution in [0.25, 0.3) is 0 Å². The molecule has 19 heteroatoms. The van der Waals surface area contributed by atoms with Crippen LogP contribution in [-0.2, 0) is 33.2 Å². The number of aliphatic hydroxyl groups excluding tert-OH is 11. The molecular formula is C88H145NO18. The SMILES string of the molecule is CC/C=C\C/C=C\C/C=C\C/C=C\C/C=C\C/C=C\C/C=C\C/C=C\C/C=C\C/C=C\CCCCCCCCC(=O)NC(COC1OC(CO)C(OC2OC(CO)C(OC3OC(CO)C(O)C(O)C3O)C(O)C2O)C(O)C1O)C(O)/C=C/CC/C=C/CC/C=C/CCCCCCCCCCCCCCCCC. The van der Waals surface area contributed by atoms with E-state index >= 15 is 0 Å². The molecule has 3 rings (SSSR count). The van der Waals surface area contributed by atoms with Gasteiger partial charge >= 0.3 is 0 Å². The quantitative estimate of drug-likeness (QED) is 0.0199. The van der Waals surface area contributed by atoms with Gasteiger partial charge in [-0.1, -0.05) is 287 Å². The van der Waals surface area contributed by atoms with Crippen LogP contribution in [0, 0.1) is 0 Å². The zero-order valence-electron chi connectivity index (χ0n) is 65.3. The molecule has 0 aliphatic carbocycles. The molecule has 1 amide bonds. The van der Waals surface area contributed by atoms with Crippen molar-refractivity contribution in [1.82, 2.24) is 5.32 Å². The molecule has 0 spiro atoms. The van der Waals surface area contributed by atoms with Gasteiger partial charge in [0, 0.05) is 6.42 Å². The van der Waals surface area contributed by atoms with Gasteiger partial charge in [0.1, 0.15) is 73.2 Å². The highest BCUT2D eigenvalue weighted by Crippen LogP contribution is 2.33. The van der Waals surface area contributed by atoms with E-state index in [4.69, 9.17) is 28.4 Å². The van der Waals surface area contributed by atoms with Crippen LogP contribution in [0.3, 0.4) is 0 Å². The van der Waals surface area contributed by atoms with Gasteiger partial charge in [0.05, 0.1) is 38.6 Å². The van der Waals surface area contributed by atoms with E-state index in [-0.39, 0.29) is 18.9 Å². The lowest BCUT2D eigenvalue weighted by molar-refractivity contribution is -0.379. The van der Waals surface area contributed by atoms with Crippen molar-refractivity contribution in [2.24, 2.45) is 0 Å². The van der Waals surface area contributed by atoms with E-state index in [2.05, 4.69) is 165 Å². The van der Waals surface area contributed by atoms with Crippen molar-refractivity contribution in [3.63, 3.8) is 0 Å². The van der Waals surface area contributed by atoms with Crippen molar-refractivity contribution in [3.8, 4) is 0 Å². The average molecular weight is 1510 g/mol. The van der Waals surface area contributed by atoms with Gasteiger partial charge in [0.2, 0.25) is 5.91 Å². The number of ether oxygens (including phenoxy) is 6. The van der Waals surface area contributed by atoms with Crippen LogP contribution in [0.2, 0.25) is 0 Å². The predicted octanol–water partition coefficient (Wildman–Crippen LogP) is 14.4. The molecule has 3 fully saturated rings. The van der Waals surface area contributed by atoms with Crippen LogP contribution < -0.4 is 5.32 Å². The van der Waals surface area contributed by atoms with Gasteiger partial charge in [-0.15, -0.1) is 0 Å². The Bertz CT molecular complexity index is 2550. The predicted molar refractivity (Wildman–Crippen MR) is 429 cm³/mol. The van der Waals surface area contributed by atoms with Crippen molar-refractivity contribution >= 4 is 5.91 Å². The highest BCUT2D eigenvalue weighted by atomic mass is 16.8. The van der Waals surface area contributed by atoms with Crippen LogP contribution in [0.1, 0.15) is 258 Å². The summed E-state index contributed by atoms with van der Waals surface area (Å²) in [5.74, 6) is -0.310. The van der Waals surface area contributed by atoms with Crippen LogP contribution in [0.15, 0.2) is 158 Å². The molecule has 3 heterocycles. The van der Waals surface area contributed by atoms with E-state index in [1.54, 1.807) is 6.08 Å². The van der Waals surface area contributed by atoms with Gasteiger partial charge in [-0.05, 0) is 122 Å². The smallest absolute Gasteiger partial charge is 0.220 e. The molecule has 19 nitrogen and oxygen atoms in total. The monoisotopic (exact) mass is 1500 g/mol. The van der Waals surface area contributed by atoms with E-state index in [1.165, 1.54) is 96.3 Å². The Morgan fingerprint density at radius 2 is 0.654 bits per heavy atom. The lowest BCUT2D eigenvalue weighted by Crippen LogP contribution is -2.66. The highest BCUT2D eigenvalue weighted by Gasteiger charge is 2.54. The second kappa shape index (κ2) is 66.1. The van der Waals surface area contributed by atoms with Crippen LogP contribution in [-0.4, -0.2) is 193 Å². The Balaban J connectivity index is 1.39. The molecule has 0 aromatic heterocycles. The summed E-state index contributed by atoms with van der Waals surface area (Å²) in [5.41, 5.74) is 0. The number of nitrogens with one attached hydrogen (secondary N) is 1. The van der Waals surface area contributed by atoms with Crippen molar-refractivity contribution in [2.75, 3.05) is 26.4 Å². The number of unbranched alkanes of at least 4 members (excludes halogenated alkanes) is 23. The Hall–Kier alpha value is -4.59. The minimum Gasteiger partial charge on any atom is -0.394 e. The summed E-state index contributed by atoms with van der Waals surface area (Å²) in [6.45, 7) is 1.58. The first-order valence-electron chi connectivity index (χ1n) is 41.2. The number of aliphatic hydroxyl groups is 11. The number of hydrogen-bond donors (Lipinski definition) is 12. The number of carbonyl (C=O) groups excluding carboxylic acids is 1. The zero-order valence-corrected chi connectivity index (χ0v) is 65.3. The van der Waals surface area contributed by atoms with E-state index < -0.39 is 124 Å². The maximum atomic E-state index is 13.5. The minimum absolute atomic E-state index is 0.204. The molecule has 0 aromatic carbocycles. The third kappa shape index (κ3) is 45.5. The summed E-state index contributed by atoms with van der Waals surface area (Å²) in [5, 5.41) is 121. The summed E-state index contributed by atoms with van der Waals surface area (Å²) in [4.78, 5) is 13.5. The minimum atomic E-state index is -1.99. The number of carbonyl (C=O) groups is 1. The largest absolute Gasteiger partial charge is 0.394 e. The Morgan fingerprint density at radius 1 is 0.346 bits per heavy atom. The lowest BCUT2D eigenvalue weighted by atomic mass is 9.96. The van der Waals surface area contributed by atoms with Crippen molar-refractivity contribution in [3.05, 3.63) is 158 Å². The highest BCUT2D eigenvalue weighted by molar-refractivity contribution is 5.76. The first kappa shape index (κ1) is 96.6. The van der Waals surface area contributed by atoms with Gasteiger partial charge in [-0.25, -0.2) is 0 Å². The normalized spacial score (nSPS) is 26.4. The number of rotatable bonds is 63. The summed E-state index contributed by atoms with van der Waals surface area (Å²) < 4.78 is 34.4. The van der Waals surface area contributed by atoms with Crippen LogP contribution >= 0.6 is 0 Å². The first-order valence-corrected chi connectivity index (χ1v) is 41.2. The maximum absolute atomic E-state index is 13.5. The molecule has 0 bridgehead atoms. The molecule has 12 N–H and O–H groups in total. The third-order valence-corrected chi connectivity index (χ3v) is 19.3. The fraction of sp³-hybridized carbons (Fsp3) is 0.693. The summed E-state index contributed by atoms with van der Waals surface area (Å²) in [7, 11) is 0. The molecule has 17 unspecified atom stereocenters. The topological polar surface area (TPSA) is 307 Å². The molecule has 3 aliphatic rings. The molecule has 3 saturated heterocycles. The van der Waals surface area contributed by atoms with Crippen molar-refractivity contribution in [1.29, 1.82) is 0 Å². The molecule has 610 valence electrons. The summed E-state index contributed by atoms with van der Waals surface area (Å²) in [6, 6.07) is -1.02. The van der Waals surface area contributed by atoms with Gasteiger partial charge in [-0.2, -0.15) is 0 Å². The summed E-state index contributed by atoms with van der Waals surface area (Å²) >= 11 is 0. The Morgan fingerprint density at radius 3 is 1.05 bits per heavy atom. The lowest BCUT2D eigenvalue weighted by Gasteiger charge is -2.48. The van der Waals surface area contributed by atoms with Crippen LogP contribution in [0.5, 0.6) is 0 Å². The first-order chi connectivity index (χ1) is 52.3. The van der Waals surface area contributed by atoms with Crippen LogP contribution in [0.4, 0.5) is 0 Å². The molecule has 0 saturated carbocycles. The third-order valence-electron chi connectivity index (χ3n) is 19.3. The van der Waals surface area contributed by atoms with Gasteiger partial charge in [0.15, 0.2) is 18.9 Å². The fourth-order valence-electron chi connectivity index (χ4n) is 12.7. The van der Waals surface area contributed by atoms with E-state index in [1.807, 2.05) is 6.08 Å². The second-order valence-electron chi connectivity index (χ2n) is 28.5. The number of amides is 1. The second-order valence-corrected chi connectivity index (χ2v) is 28.5. The average Bonchev–Trinajstić information content (AvgIpc) is 0.781. The Kier molecular flexibility index (Phi) is 59.6. The molecular weight excluding hydrogens is 1360 g/mol. The van der Waals surface area contributed by atoms with Crippen molar-refractivity contribution in [2.45, 2.75) is 362 Å².